The van der Waals surface area contributed by atoms with Crippen molar-refractivity contribution in [2.45, 2.75) is 13.8 Å². The fourth-order valence-corrected chi connectivity index (χ4v) is 3.80. The van der Waals surface area contributed by atoms with Gasteiger partial charge in [-0.2, -0.15) is 0 Å². The number of rotatable bonds is 4. The molecule has 0 saturated heterocycles. The predicted molar refractivity (Wildman–Crippen MR) is 100 cm³/mol. The summed E-state index contributed by atoms with van der Waals surface area (Å²) in [5.41, 5.74) is 6.61. The Morgan fingerprint density at radius 3 is 2.70 bits per heavy atom. The van der Waals surface area contributed by atoms with Crippen molar-refractivity contribution >= 4 is 62.9 Å². The first-order valence-electron chi connectivity index (χ1n) is 6.62. The van der Waals surface area contributed by atoms with E-state index in [4.69, 9.17) is 18.0 Å². The van der Waals surface area contributed by atoms with Crippen molar-refractivity contribution in [3.63, 3.8) is 0 Å². The number of amides is 2. The van der Waals surface area contributed by atoms with E-state index in [-0.39, 0.29) is 11.0 Å². The van der Waals surface area contributed by atoms with Crippen molar-refractivity contribution in [1.82, 2.24) is 5.32 Å². The van der Waals surface area contributed by atoms with Crippen molar-refractivity contribution in [3.8, 4) is 0 Å². The second kappa shape index (κ2) is 7.49. The molecule has 0 fully saturated rings. The fourth-order valence-electron chi connectivity index (χ4n) is 1.84. The molecule has 23 heavy (non-hydrogen) atoms. The maximum Gasteiger partial charge on any atom is 0.251 e. The van der Waals surface area contributed by atoms with Crippen molar-refractivity contribution in [2.24, 2.45) is 5.73 Å². The molecule has 0 radical (unpaired) electrons. The zero-order chi connectivity index (χ0) is 17.0. The highest BCUT2D eigenvalue weighted by Gasteiger charge is 2.18. The normalized spacial score (nSPS) is 10.7. The Bertz CT molecular complexity index is 776. The molecule has 2 amide bonds. The molecule has 0 aliphatic carbocycles. The molecule has 120 valence electrons. The highest BCUT2D eigenvalue weighted by Crippen LogP contribution is 2.31. The van der Waals surface area contributed by atoms with E-state index < -0.39 is 5.91 Å². The van der Waals surface area contributed by atoms with Crippen LogP contribution in [0.15, 0.2) is 23.6 Å². The standard InChI is InChI=1S/C15H15N3O2S3/c1-8-9(2)23-14(12(8)13(16)20)18-15(21)17-11(19)6-5-10-4-3-7-22-10/h3-7H,1-2H3,(H2,16,20)(H2,17,18,19,21)/b6-5+. The molecule has 2 heterocycles. The lowest BCUT2D eigenvalue weighted by Gasteiger charge is -2.07. The van der Waals surface area contributed by atoms with Gasteiger partial charge in [-0.1, -0.05) is 6.07 Å². The SMILES string of the molecule is Cc1sc(NC(=S)NC(=O)/C=C/c2cccs2)c(C(N)=O)c1C. The number of anilines is 1. The third-order valence-electron chi connectivity index (χ3n) is 3.04. The molecule has 0 spiro atoms. The fraction of sp³-hybridized carbons (Fsp3) is 0.133. The van der Waals surface area contributed by atoms with Gasteiger partial charge in [0, 0.05) is 15.8 Å². The summed E-state index contributed by atoms with van der Waals surface area (Å²) in [4.78, 5) is 25.3. The minimum Gasteiger partial charge on any atom is -0.365 e. The molecule has 0 bridgehead atoms. The summed E-state index contributed by atoms with van der Waals surface area (Å²) in [7, 11) is 0. The van der Waals surface area contributed by atoms with Gasteiger partial charge in [0.2, 0.25) is 5.91 Å². The Morgan fingerprint density at radius 1 is 1.35 bits per heavy atom. The van der Waals surface area contributed by atoms with Gasteiger partial charge in [-0.3, -0.25) is 14.9 Å². The molecule has 8 heteroatoms. The first kappa shape index (κ1) is 17.3. The van der Waals surface area contributed by atoms with E-state index in [1.54, 1.807) is 6.08 Å². The summed E-state index contributed by atoms with van der Waals surface area (Å²) in [5.74, 6) is -0.873. The molecule has 2 rings (SSSR count). The quantitative estimate of drug-likeness (QED) is 0.574. The van der Waals surface area contributed by atoms with Gasteiger partial charge in [0.15, 0.2) is 5.11 Å². The van der Waals surface area contributed by atoms with Gasteiger partial charge in [-0.25, -0.2) is 0 Å². The molecular formula is C15H15N3O2S3. The molecule has 2 aromatic heterocycles. The zero-order valence-corrected chi connectivity index (χ0v) is 15.0. The number of primary amides is 1. The van der Waals surface area contributed by atoms with E-state index in [9.17, 15) is 9.59 Å². The van der Waals surface area contributed by atoms with Crippen molar-refractivity contribution < 1.29 is 9.59 Å². The number of thiocarbonyl (C=S) groups is 1. The van der Waals surface area contributed by atoms with E-state index >= 15 is 0 Å². The van der Waals surface area contributed by atoms with Crippen molar-refractivity contribution in [2.75, 3.05) is 5.32 Å². The van der Waals surface area contributed by atoms with Crippen LogP contribution in [0.3, 0.4) is 0 Å². The lowest BCUT2D eigenvalue weighted by atomic mass is 10.1. The van der Waals surface area contributed by atoms with Gasteiger partial charge in [0.05, 0.1) is 5.56 Å². The average Bonchev–Trinajstić information content (AvgIpc) is 3.05. The van der Waals surface area contributed by atoms with Gasteiger partial charge in [-0.05, 0) is 49.2 Å². The summed E-state index contributed by atoms with van der Waals surface area (Å²) in [5, 5.41) is 7.99. The van der Waals surface area contributed by atoms with Crippen LogP contribution in [0.25, 0.3) is 6.08 Å². The number of nitrogens with one attached hydrogen (secondary N) is 2. The van der Waals surface area contributed by atoms with Gasteiger partial charge in [-0.15, -0.1) is 22.7 Å². The van der Waals surface area contributed by atoms with Crippen LogP contribution in [0.5, 0.6) is 0 Å². The summed E-state index contributed by atoms with van der Waals surface area (Å²) in [6.07, 6.45) is 3.11. The maximum absolute atomic E-state index is 11.8. The first-order valence-corrected chi connectivity index (χ1v) is 8.72. The smallest absolute Gasteiger partial charge is 0.251 e. The Kier molecular flexibility index (Phi) is 5.64. The minimum absolute atomic E-state index is 0.120. The van der Waals surface area contributed by atoms with Crippen LogP contribution >= 0.6 is 34.9 Å². The largest absolute Gasteiger partial charge is 0.365 e. The molecule has 0 aliphatic rings. The number of carbonyl (C=O) groups excluding carboxylic acids is 2. The number of hydrogen-bond acceptors (Lipinski definition) is 5. The third-order valence-corrected chi connectivity index (χ3v) is 5.20. The molecule has 0 unspecified atom stereocenters. The Hall–Kier alpha value is -2.03. The van der Waals surface area contributed by atoms with Gasteiger partial charge < -0.3 is 11.1 Å². The number of aryl methyl sites for hydroxylation is 1. The van der Waals surface area contributed by atoms with Crippen LogP contribution in [-0.2, 0) is 4.79 Å². The van der Waals surface area contributed by atoms with E-state index in [0.29, 0.717) is 10.6 Å². The highest BCUT2D eigenvalue weighted by molar-refractivity contribution is 7.80. The molecule has 0 saturated carbocycles. The number of nitrogens with two attached hydrogens (primary N) is 1. The molecule has 5 nitrogen and oxygen atoms in total. The lowest BCUT2D eigenvalue weighted by molar-refractivity contribution is -0.115. The monoisotopic (exact) mass is 365 g/mol. The minimum atomic E-state index is -0.527. The average molecular weight is 366 g/mol. The van der Waals surface area contributed by atoms with E-state index in [0.717, 1.165) is 15.3 Å². The van der Waals surface area contributed by atoms with Crippen LogP contribution in [0.4, 0.5) is 5.00 Å². The van der Waals surface area contributed by atoms with E-state index in [1.807, 2.05) is 31.4 Å². The third kappa shape index (κ3) is 4.47. The second-order valence-corrected chi connectivity index (χ2v) is 7.26. The molecule has 0 aromatic carbocycles. The van der Waals surface area contributed by atoms with Crippen LogP contribution < -0.4 is 16.4 Å². The zero-order valence-electron chi connectivity index (χ0n) is 12.5. The summed E-state index contributed by atoms with van der Waals surface area (Å²) in [6, 6.07) is 3.81. The maximum atomic E-state index is 11.8. The number of thiophene rings is 2. The molecule has 0 aliphatic heterocycles. The first-order chi connectivity index (χ1) is 10.9. The number of hydrogen-bond donors (Lipinski definition) is 3. The lowest BCUT2D eigenvalue weighted by Crippen LogP contribution is -2.33. The topological polar surface area (TPSA) is 84.2 Å². The van der Waals surface area contributed by atoms with Crippen molar-refractivity contribution in [3.05, 3.63) is 44.5 Å². The van der Waals surface area contributed by atoms with Gasteiger partial charge in [0.25, 0.3) is 5.91 Å². The Labute approximate surface area is 147 Å². The van der Waals surface area contributed by atoms with Crippen LogP contribution in [0, 0.1) is 13.8 Å². The van der Waals surface area contributed by atoms with E-state index in [2.05, 4.69) is 10.6 Å². The summed E-state index contributed by atoms with van der Waals surface area (Å²) >= 11 is 8.01. The predicted octanol–water partition coefficient (Wildman–Crippen LogP) is 3.05. The van der Waals surface area contributed by atoms with E-state index in [1.165, 1.54) is 28.7 Å². The highest BCUT2D eigenvalue weighted by atomic mass is 32.1. The Morgan fingerprint density at radius 2 is 2.09 bits per heavy atom. The summed E-state index contributed by atoms with van der Waals surface area (Å²) < 4.78 is 0. The van der Waals surface area contributed by atoms with Crippen LogP contribution in [0.2, 0.25) is 0 Å². The summed E-state index contributed by atoms with van der Waals surface area (Å²) in [6.45, 7) is 3.71. The number of carbonyl (C=O) groups is 2. The molecule has 4 N–H and O–H groups in total. The molecule has 2 aromatic rings. The second-order valence-electron chi connectivity index (χ2n) is 4.64. The van der Waals surface area contributed by atoms with Gasteiger partial charge in [0.1, 0.15) is 5.00 Å². The van der Waals surface area contributed by atoms with Gasteiger partial charge >= 0.3 is 0 Å². The van der Waals surface area contributed by atoms with Crippen LogP contribution in [-0.4, -0.2) is 16.9 Å². The van der Waals surface area contributed by atoms with Crippen LogP contribution in [0.1, 0.15) is 25.7 Å². The molecule has 0 atom stereocenters. The van der Waals surface area contributed by atoms with Crippen molar-refractivity contribution in [1.29, 1.82) is 0 Å². The Balaban J connectivity index is 2.01. The molecular weight excluding hydrogens is 350 g/mol.